The van der Waals surface area contributed by atoms with E-state index in [9.17, 15) is 4.79 Å². The first kappa shape index (κ1) is 17.0. The van der Waals surface area contributed by atoms with Crippen LogP contribution in [0.15, 0.2) is 30.3 Å². The van der Waals surface area contributed by atoms with Gasteiger partial charge in [-0.1, -0.05) is 30.3 Å². The molecule has 0 radical (unpaired) electrons. The van der Waals surface area contributed by atoms with Gasteiger partial charge in [0, 0.05) is 19.5 Å². The number of rotatable bonds is 8. The van der Waals surface area contributed by atoms with Crippen molar-refractivity contribution in [3.8, 4) is 0 Å². The number of nitrogens with zero attached hydrogens (tertiary/aromatic N) is 1. The first-order valence-electron chi connectivity index (χ1n) is 8.37. The molecule has 122 valence electrons. The number of amides is 1. The molecule has 1 amide bonds. The summed E-state index contributed by atoms with van der Waals surface area (Å²) in [6.45, 7) is 3.36. The van der Waals surface area contributed by atoms with Crippen LogP contribution in [0.5, 0.6) is 0 Å². The third-order valence-corrected chi connectivity index (χ3v) is 4.20. The molecular formula is C18H28N2O2. The lowest BCUT2D eigenvalue weighted by atomic mass is 10.1. The molecule has 1 saturated heterocycles. The summed E-state index contributed by atoms with van der Waals surface area (Å²) < 4.78 is 5.97. The Morgan fingerprint density at radius 2 is 2.00 bits per heavy atom. The molecule has 0 unspecified atom stereocenters. The van der Waals surface area contributed by atoms with E-state index in [-0.39, 0.29) is 5.91 Å². The van der Waals surface area contributed by atoms with E-state index in [4.69, 9.17) is 4.74 Å². The fraction of sp³-hybridized carbons (Fsp3) is 0.611. The van der Waals surface area contributed by atoms with Crippen LogP contribution in [-0.2, 0) is 16.0 Å². The molecule has 22 heavy (non-hydrogen) atoms. The molecule has 0 spiro atoms. The molecule has 1 aliphatic heterocycles. The van der Waals surface area contributed by atoms with Crippen molar-refractivity contribution >= 4 is 5.91 Å². The molecule has 0 aromatic heterocycles. The summed E-state index contributed by atoms with van der Waals surface area (Å²) in [6.07, 6.45) is 4.77. The van der Waals surface area contributed by atoms with Gasteiger partial charge in [-0.2, -0.15) is 0 Å². The summed E-state index contributed by atoms with van der Waals surface area (Å²) in [6, 6.07) is 10.4. The Hall–Kier alpha value is -1.39. The van der Waals surface area contributed by atoms with Crippen molar-refractivity contribution < 1.29 is 9.53 Å². The van der Waals surface area contributed by atoms with E-state index < -0.39 is 0 Å². The van der Waals surface area contributed by atoms with Crippen molar-refractivity contribution in [3.63, 3.8) is 0 Å². The van der Waals surface area contributed by atoms with Gasteiger partial charge in [0.2, 0.25) is 5.91 Å². The van der Waals surface area contributed by atoms with Crippen LogP contribution >= 0.6 is 0 Å². The van der Waals surface area contributed by atoms with Crippen LogP contribution < -0.4 is 5.32 Å². The van der Waals surface area contributed by atoms with E-state index >= 15 is 0 Å². The van der Waals surface area contributed by atoms with Crippen molar-refractivity contribution in [3.05, 3.63) is 35.9 Å². The number of hydrogen-bond acceptors (Lipinski definition) is 3. The number of carbonyl (C=O) groups excluding carboxylic acids is 1. The summed E-state index contributed by atoms with van der Waals surface area (Å²) in [5.41, 5.74) is 1.32. The predicted octanol–water partition coefficient (Wildman–Crippen LogP) is 2.24. The number of hydrogen-bond donors (Lipinski definition) is 1. The van der Waals surface area contributed by atoms with Gasteiger partial charge in [-0.05, 0) is 44.8 Å². The molecule has 1 aromatic carbocycles. The molecule has 2 rings (SSSR count). The van der Waals surface area contributed by atoms with Gasteiger partial charge in [-0.25, -0.2) is 0 Å². The number of likely N-dealkylation sites (tertiary alicyclic amines) is 1. The van der Waals surface area contributed by atoms with Gasteiger partial charge in [0.25, 0.3) is 0 Å². The molecule has 0 aliphatic carbocycles. The number of carbonyl (C=O) groups is 1. The normalized spacial score (nSPS) is 16.0. The number of benzene rings is 1. The standard InChI is InChI=1S/C18H28N2O2/c1-19-12-5-8-18(21)20-13-9-17(10-14-20)22-15-11-16-6-3-2-4-7-16/h2-4,6-7,17,19H,5,8-15H2,1H3. The average molecular weight is 304 g/mol. The molecule has 1 aliphatic rings. The first-order valence-corrected chi connectivity index (χ1v) is 8.37. The van der Waals surface area contributed by atoms with Crippen molar-refractivity contribution in [2.45, 2.75) is 38.2 Å². The zero-order valence-corrected chi connectivity index (χ0v) is 13.6. The lowest BCUT2D eigenvalue weighted by Gasteiger charge is -2.32. The first-order chi connectivity index (χ1) is 10.8. The molecular weight excluding hydrogens is 276 g/mol. The van der Waals surface area contributed by atoms with Gasteiger partial charge in [0.1, 0.15) is 0 Å². The summed E-state index contributed by atoms with van der Waals surface area (Å²) in [5, 5.41) is 3.08. The van der Waals surface area contributed by atoms with Crippen LogP contribution in [-0.4, -0.2) is 50.2 Å². The summed E-state index contributed by atoms with van der Waals surface area (Å²) in [4.78, 5) is 14.0. The fourth-order valence-electron chi connectivity index (χ4n) is 2.83. The minimum atomic E-state index is 0.290. The molecule has 4 heteroatoms. The lowest BCUT2D eigenvalue weighted by Crippen LogP contribution is -2.41. The molecule has 1 N–H and O–H groups in total. The molecule has 1 heterocycles. The van der Waals surface area contributed by atoms with Gasteiger partial charge in [-0.3, -0.25) is 4.79 Å². The lowest BCUT2D eigenvalue weighted by molar-refractivity contribution is -0.133. The van der Waals surface area contributed by atoms with Crippen LogP contribution in [0, 0.1) is 0 Å². The third-order valence-electron chi connectivity index (χ3n) is 4.20. The Morgan fingerprint density at radius 1 is 1.27 bits per heavy atom. The minimum Gasteiger partial charge on any atom is -0.378 e. The number of ether oxygens (including phenoxy) is 1. The highest BCUT2D eigenvalue weighted by molar-refractivity contribution is 5.76. The third kappa shape index (κ3) is 5.78. The Kier molecular flexibility index (Phi) is 7.40. The van der Waals surface area contributed by atoms with Gasteiger partial charge in [0.05, 0.1) is 12.7 Å². The SMILES string of the molecule is CNCCCC(=O)N1CCC(OCCc2ccccc2)CC1. The van der Waals surface area contributed by atoms with E-state index in [2.05, 4.69) is 29.6 Å². The average Bonchev–Trinajstić information content (AvgIpc) is 2.56. The van der Waals surface area contributed by atoms with Crippen LogP contribution in [0.25, 0.3) is 0 Å². The summed E-state index contributed by atoms with van der Waals surface area (Å²) >= 11 is 0. The van der Waals surface area contributed by atoms with Crippen LogP contribution in [0.1, 0.15) is 31.2 Å². The Bertz CT molecular complexity index is 428. The minimum absolute atomic E-state index is 0.290. The quantitative estimate of drug-likeness (QED) is 0.749. The van der Waals surface area contributed by atoms with E-state index in [1.54, 1.807) is 0 Å². The van der Waals surface area contributed by atoms with Gasteiger partial charge in [-0.15, -0.1) is 0 Å². The molecule has 1 fully saturated rings. The van der Waals surface area contributed by atoms with E-state index in [1.165, 1.54) is 5.56 Å². The second kappa shape index (κ2) is 9.59. The zero-order chi connectivity index (χ0) is 15.6. The van der Waals surface area contributed by atoms with Crippen molar-refractivity contribution in [2.24, 2.45) is 0 Å². The molecule has 1 aromatic rings. The fourth-order valence-corrected chi connectivity index (χ4v) is 2.83. The van der Waals surface area contributed by atoms with Crippen LogP contribution in [0.2, 0.25) is 0 Å². The monoisotopic (exact) mass is 304 g/mol. The van der Waals surface area contributed by atoms with Crippen LogP contribution in [0.3, 0.4) is 0 Å². The number of nitrogens with one attached hydrogen (secondary N) is 1. The Morgan fingerprint density at radius 3 is 2.68 bits per heavy atom. The molecule has 0 bridgehead atoms. The highest BCUT2D eigenvalue weighted by Gasteiger charge is 2.22. The van der Waals surface area contributed by atoms with E-state index in [0.29, 0.717) is 12.5 Å². The number of piperidine rings is 1. The Balaban J connectivity index is 1.59. The highest BCUT2D eigenvalue weighted by Crippen LogP contribution is 2.15. The van der Waals surface area contributed by atoms with Crippen LogP contribution in [0.4, 0.5) is 0 Å². The second-order valence-corrected chi connectivity index (χ2v) is 5.89. The highest BCUT2D eigenvalue weighted by atomic mass is 16.5. The summed E-state index contributed by atoms with van der Waals surface area (Å²) in [7, 11) is 1.92. The summed E-state index contributed by atoms with van der Waals surface area (Å²) in [5.74, 6) is 0.290. The topological polar surface area (TPSA) is 41.6 Å². The van der Waals surface area contributed by atoms with E-state index in [1.807, 2.05) is 18.0 Å². The largest absolute Gasteiger partial charge is 0.378 e. The van der Waals surface area contributed by atoms with Gasteiger partial charge < -0.3 is 15.0 Å². The Labute approximate surface area is 133 Å². The van der Waals surface area contributed by atoms with Crippen molar-refractivity contribution in [2.75, 3.05) is 33.3 Å². The second-order valence-electron chi connectivity index (χ2n) is 5.89. The van der Waals surface area contributed by atoms with Crippen molar-refractivity contribution in [1.29, 1.82) is 0 Å². The maximum atomic E-state index is 12.0. The molecule has 0 atom stereocenters. The smallest absolute Gasteiger partial charge is 0.222 e. The van der Waals surface area contributed by atoms with Gasteiger partial charge in [0.15, 0.2) is 0 Å². The molecule has 4 nitrogen and oxygen atoms in total. The van der Waals surface area contributed by atoms with Crippen molar-refractivity contribution in [1.82, 2.24) is 10.2 Å². The van der Waals surface area contributed by atoms with Gasteiger partial charge >= 0.3 is 0 Å². The van der Waals surface area contributed by atoms with E-state index in [0.717, 1.165) is 51.9 Å². The maximum Gasteiger partial charge on any atom is 0.222 e. The maximum absolute atomic E-state index is 12.0. The predicted molar refractivity (Wildman–Crippen MR) is 88.9 cm³/mol. The zero-order valence-electron chi connectivity index (χ0n) is 13.6. The molecule has 0 saturated carbocycles.